The highest BCUT2D eigenvalue weighted by atomic mass is 32.2. The van der Waals surface area contributed by atoms with E-state index >= 15 is 0 Å². The molecule has 10 nitrogen and oxygen atoms in total. The number of nitrogens with two attached hydrogens (primary N) is 1. The van der Waals surface area contributed by atoms with Crippen LogP contribution in [0.3, 0.4) is 0 Å². The van der Waals surface area contributed by atoms with Gasteiger partial charge in [0.2, 0.25) is 5.91 Å². The molecule has 1 aromatic carbocycles. The summed E-state index contributed by atoms with van der Waals surface area (Å²) >= 11 is 0. The molecule has 12 heteroatoms. The number of ketones is 1. The molecule has 2 N–H and O–H groups in total. The van der Waals surface area contributed by atoms with Crippen molar-refractivity contribution in [1.29, 1.82) is 0 Å². The number of hydrogen-bond donors (Lipinski definition) is 1. The predicted molar refractivity (Wildman–Crippen MR) is 116 cm³/mol. The Bertz CT molecular complexity index is 1270. The summed E-state index contributed by atoms with van der Waals surface area (Å²) in [7, 11) is -4.73. The predicted octanol–water partition coefficient (Wildman–Crippen LogP) is 0.0332. The van der Waals surface area contributed by atoms with Gasteiger partial charge in [0.15, 0.2) is 11.3 Å². The Morgan fingerprint density at radius 2 is 1.85 bits per heavy atom. The fourth-order valence-corrected chi connectivity index (χ4v) is 6.12. The van der Waals surface area contributed by atoms with Crippen LogP contribution in [-0.4, -0.2) is 70.0 Å². The number of pyridine rings is 1. The molecule has 0 aliphatic carbocycles. The van der Waals surface area contributed by atoms with Crippen molar-refractivity contribution >= 4 is 32.7 Å². The lowest BCUT2D eigenvalue weighted by Crippen LogP contribution is -2.64. The molecule has 0 saturated carbocycles. The van der Waals surface area contributed by atoms with Crippen LogP contribution in [0.2, 0.25) is 0 Å². The van der Waals surface area contributed by atoms with Crippen molar-refractivity contribution in [2.24, 2.45) is 5.73 Å². The number of aromatic nitrogens is 1. The number of halogens is 1. The Kier molecular flexibility index (Phi) is 6.04. The number of carbonyl (C=O) groups excluding carboxylic acids is 4. The highest BCUT2D eigenvalue weighted by Crippen LogP contribution is 2.41. The van der Waals surface area contributed by atoms with Crippen LogP contribution >= 0.6 is 0 Å². The van der Waals surface area contributed by atoms with Crippen LogP contribution in [0.15, 0.2) is 48.7 Å². The molecule has 2 amide bonds. The quantitative estimate of drug-likeness (QED) is 0.564. The van der Waals surface area contributed by atoms with Gasteiger partial charge >= 0.3 is 5.12 Å². The van der Waals surface area contributed by atoms with Gasteiger partial charge in [0.05, 0.1) is 12.6 Å². The summed E-state index contributed by atoms with van der Waals surface area (Å²) in [4.78, 5) is 56.2. The van der Waals surface area contributed by atoms with Gasteiger partial charge in [-0.3, -0.25) is 24.2 Å². The molecule has 3 heterocycles. The third-order valence-electron chi connectivity index (χ3n) is 6.24. The van der Waals surface area contributed by atoms with Gasteiger partial charge < -0.3 is 10.6 Å². The SMILES string of the molecule is NC(=O)C12C(=O)CN(S(=O)(=O)C(=O)c3ccccn3)C1CCN2C(=O)CCc1ccc(F)cc1. The lowest BCUT2D eigenvalue weighted by atomic mass is 9.89. The summed E-state index contributed by atoms with van der Waals surface area (Å²) in [5.74, 6) is -3.02. The number of primary amides is 1. The van der Waals surface area contributed by atoms with Crippen LogP contribution in [0.4, 0.5) is 4.39 Å². The first-order valence-electron chi connectivity index (χ1n) is 10.5. The molecule has 178 valence electrons. The van der Waals surface area contributed by atoms with Gasteiger partial charge in [-0.1, -0.05) is 18.2 Å². The molecule has 2 aliphatic heterocycles. The number of aryl methyl sites for hydroxylation is 1. The number of amides is 2. The number of nitrogens with zero attached hydrogens (tertiary/aromatic N) is 3. The summed E-state index contributed by atoms with van der Waals surface area (Å²) in [6.45, 7) is -0.859. The average Bonchev–Trinajstić information content (AvgIpc) is 3.36. The van der Waals surface area contributed by atoms with Gasteiger partial charge in [0.25, 0.3) is 15.9 Å². The van der Waals surface area contributed by atoms with E-state index in [1.165, 1.54) is 48.7 Å². The van der Waals surface area contributed by atoms with E-state index in [9.17, 15) is 32.0 Å². The summed E-state index contributed by atoms with van der Waals surface area (Å²) in [5.41, 5.74) is 3.73. The molecular weight excluding hydrogens is 467 g/mol. The second kappa shape index (κ2) is 8.69. The molecule has 2 aromatic rings. The van der Waals surface area contributed by atoms with Gasteiger partial charge in [0.1, 0.15) is 11.5 Å². The Balaban J connectivity index is 1.61. The Hall–Kier alpha value is -3.51. The van der Waals surface area contributed by atoms with Gasteiger partial charge in [-0.2, -0.15) is 4.31 Å². The first kappa shape index (κ1) is 23.6. The third-order valence-corrected chi connectivity index (χ3v) is 7.92. The maximum atomic E-state index is 13.1. The van der Waals surface area contributed by atoms with Gasteiger partial charge in [0, 0.05) is 19.2 Å². The number of carbonyl (C=O) groups is 4. The van der Waals surface area contributed by atoms with E-state index in [-0.39, 0.29) is 31.5 Å². The molecule has 0 radical (unpaired) electrons. The van der Waals surface area contributed by atoms with E-state index in [1.54, 1.807) is 0 Å². The van der Waals surface area contributed by atoms with E-state index in [0.29, 0.717) is 9.87 Å². The van der Waals surface area contributed by atoms with Gasteiger partial charge in [-0.15, -0.1) is 0 Å². The molecule has 0 spiro atoms. The molecule has 2 fully saturated rings. The van der Waals surface area contributed by atoms with E-state index in [0.717, 1.165) is 4.90 Å². The second-order valence-corrected chi connectivity index (χ2v) is 9.87. The fourth-order valence-electron chi connectivity index (χ4n) is 4.65. The van der Waals surface area contributed by atoms with Crippen molar-refractivity contribution in [2.75, 3.05) is 13.1 Å². The zero-order chi connectivity index (χ0) is 24.7. The van der Waals surface area contributed by atoms with E-state index in [1.807, 2.05) is 0 Å². The number of Topliss-reactive ketones (excluding diaryl/α,β-unsaturated/α-hetero) is 1. The van der Waals surface area contributed by atoms with Crippen LogP contribution in [-0.2, 0) is 30.8 Å². The molecule has 0 bridgehead atoms. The number of benzene rings is 1. The Labute approximate surface area is 194 Å². The minimum Gasteiger partial charge on any atom is -0.367 e. The lowest BCUT2D eigenvalue weighted by molar-refractivity contribution is -0.149. The monoisotopic (exact) mass is 488 g/mol. The van der Waals surface area contributed by atoms with Crippen molar-refractivity contribution in [2.45, 2.75) is 30.8 Å². The summed E-state index contributed by atoms with van der Waals surface area (Å²) < 4.78 is 40.0. The number of likely N-dealkylation sites (tertiary alicyclic amines) is 1. The smallest absolute Gasteiger partial charge is 0.310 e. The Morgan fingerprint density at radius 1 is 1.15 bits per heavy atom. The molecule has 2 unspecified atom stereocenters. The normalized spacial score (nSPS) is 22.6. The Morgan fingerprint density at radius 3 is 2.47 bits per heavy atom. The molecule has 4 rings (SSSR count). The van der Waals surface area contributed by atoms with Crippen LogP contribution < -0.4 is 5.73 Å². The first-order chi connectivity index (χ1) is 16.1. The van der Waals surface area contributed by atoms with Crippen molar-refractivity contribution in [1.82, 2.24) is 14.2 Å². The van der Waals surface area contributed by atoms with E-state index in [2.05, 4.69) is 4.98 Å². The average molecular weight is 488 g/mol. The van der Waals surface area contributed by atoms with Crippen molar-refractivity contribution in [3.05, 3.63) is 65.7 Å². The minimum absolute atomic E-state index is 0.0499. The zero-order valence-electron chi connectivity index (χ0n) is 17.9. The van der Waals surface area contributed by atoms with Gasteiger partial charge in [-0.05, 0) is 42.7 Å². The van der Waals surface area contributed by atoms with Crippen LogP contribution in [0.1, 0.15) is 28.9 Å². The first-order valence-corrected chi connectivity index (χ1v) is 11.9. The maximum Gasteiger partial charge on any atom is 0.310 e. The highest BCUT2D eigenvalue weighted by Gasteiger charge is 2.68. The van der Waals surface area contributed by atoms with Crippen LogP contribution in [0.25, 0.3) is 0 Å². The largest absolute Gasteiger partial charge is 0.367 e. The van der Waals surface area contributed by atoms with Crippen LogP contribution in [0.5, 0.6) is 0 Å². The standard InChI is InChI=1S/C22H21FN4O6S/c23-15-7-4-14(5-8-15)6-9-19(29)26-12-10-17-22(26,21(24)31)18(28)13-27(17)34(32,33)20(30)16-3-1-2-11-25-16/h1-5,7-8,11,17H,6,9-10,12-13H2,(H2,24,31). The molecule has 34 heavy (non-hydrogen) atoms. The minimum atomic E-state index is -4.73. The fraction of sp³-hybridized carbons (Fsp3) is 0.318. The number of rotatable bonds is 6. The van der Waals surface area contributed by atoms with Crippen molar-refractivity contribution in [3.63, 3.8) is 0 Å². The summed E-state index contributed by atoms with van der Waals surface area (Å²) in [6, 6.07) is 8.39. The molecule has 2 atom stereocenters. The molecule has 1 aromatic heterocycles. The maximum absolute atomic E-state index is 13.1. The number of hydrogen-bond acceptors (Lipinski definition) is 7. The molecule has 2 saturated heterocycles. The highest BCUT2D eigenvalue weighted by molar-refractivity contribution is 8.04. The molecule has 2 aliphatic rings. The van der Waals surface area contributed by atoms with Crippen molar-refractivity contribution < 1.29 is 32.0 Å². The molecular formula is C22H21FN4O6S. The van der Waals surface area contributed by atoms with Gasteiger partial charge in [-0.25, -0.2) is 12.8 Å². The van der Waals surface area contributed by atoms with Crippen LogP contribution in [0, 0.1) is 5.82 Å². The second-order valence-electron chi connectivity index (χ2n) is 8.08. The topological polar surface area (TPSA) is 148 Å². The number of sulfonamides is 1. The lowest BCUT2D eigenvalue weighted by Gasteiger charge is -2.34. The summed E-state index contributed by atoms with van der Waals surface area (Å²) in [6.07, 6.45) is 1.30. The van der Waals surface area contributed by atoms with Crippen molar-refractivity contribution in [3.8, 4) is 0 Å². The summed E-state index contributed by atoms with van der Waals surface area (Å²) in [5, 5.41) is -1.32. The van der Waals surface area contributed by atoms with E-state index < -0.39 is 56.7 Å². The third kappa shape index (κ3) is 3.68. The number of fused-ring (bicyclic) bond motifs is 1. The zero-order valence-corrected chi connectivity index (χ0v) is 18.7. The van der Waals surface area contributed by atoms with E-state index in [4.69, 9.17) is 5.73 Å².